The van der Waals surface area contributed by atoms with Gasteiger partial charge in [0.25, 0.3) is 0 Å². The quantitative estimate of drug-likeness (QED) is 0.885. The average molecular weight is 257 g/mol. The molecule has 1 N–H and O–H groups in total. The topological polar surface area (TPSA) is 66.1 Å². The minimum Gasteiger partial charge on any atom is -0.282 e. The van der Waals surface area contributed by atoms with Crippen LogP contribution in [0.5, 0.6) is 0 Å². The van der Waals surface area contributed by atoms with Crippen molar-refractivity contribution in [3.8, 4) is 0 Å². The van der Waals surface area contributed by atoms with Gasteiger partial charge in [-0.3, -0.25) is 5.10 Å². The molecule has 0 spiro atoms. The highest BCUT2D eigenvalue weighted by atomic mass is 32.2. The Kier molecular flexibility index (Phi) is 3.53. The molecule has 17 heavy (non-hydrogen) atoms. The monoisotopic (exact) mass is 257 g/mol. The number of rotatable bonds is 4. The molecule has 1 fully saturated rings. The summed E-state index contributed by atoms with van der Waals surface area (Å²) < 4.78 is 26.0. The van der Waals surface area contributed by atoms with Crippen LogP contribution in [0.25, 0.3) is 0 Å². The van der Waals surface area contributed by atoms with Crippen molar-refractivity contribution in [1.82, 2.24) is 14.5 Å². The molecule has 5 nitrogen and oxygen atoms in total. The Hall–Kier alpha value is -0.880. The van der Waals surface area contributed by atoms with Gasteiger partial charge in [0.15, 0.2) is 0 Å². The average Bonchev–Trinajstić information content (AvgIpc) is 2.97. The van der Waals surface area contributed by atoms with E-state index in [1.54, 1.807) is 17.4 Å². The van der Waals surface area contributed by atoms with Crippen LogP contribution < -0.4 is 0 Å². The summed E-state index contributed by atoms with van der Waals surface area (Å²) >= 11 is 0. The molecule has 1 aliphatic heterocycles. The molecule has 0 aliphatic carbocycles. The first-order valence-corrected chi connectivity index (χ1v) is 7.54. The first-order valence-electron chi connectivity index (χ1n) is 6.04. The van der Waals surface area contributed by atoms with Gasteiger partial charge in [-0.1, -0.05) is 6.92 Å². The van der Waals surface area contributed by atoms with E-state index in [4.69, 9.17) is 0 Å². The maximum absolute atomic E-state index is 12.2. The number of aromatic amines is 1. The predicted octanol–water partition coefficient (Wildman–Crippen LogP) is 1.33. The zero-order chi connectivity index (χ0) is 12.5. The zero-order valence-electron chi connectivity index (χ0n) is 10.3. The molecule has 0 amide bonds. The van der Waals surface area contributed by atoms with Gasteiger partial charge >= 0.3 is 0 Å². The highest BCUT2D eigenvalue weighted by molar-refractivity contribution is 7.89. The second kappa shape index (κ2) is 4.78. The van der Waals surface area contributed by atoms with Crippen molar-refractivity contribution in [2.75, 3.05) is 13.1 Å². The van der Waals surface area contributed by atoms with Crippen LogP contribution in [0, 0.1) is 0 Å². The van der Waals surface area contributed by atoms with Crippen molar-refractivity contribution < 1.29 is 8.42 Å². The maximum atomic E-state index is 12.2. The third-order valence-corrected chi connectivity index (χ3v) is 5.96. The lowest BCUT2D eigenvalue weighted by Gasteiger charge is -2.20. The molecule has 1 aromatic rings. The summed E-state index contributed by atoms with van der Waals surface area (Å²) in [4.78, 5) is 0. The second-order valence-electron chi connectivity index (χ2n) is 4.62. The lowest BCUT2D eigenvalue weighted by molar-refractivity contribution is 0.461. The van der Waals surface area contributed by atoms with Crippen molar-refractivity contribution in [3.63, 3.8) is 0 Å². The normalized spacial score (nSPS) is 24.0. The zero-order valence-corrected chi connectivity index (χ0v) is 11.1. The van der Waals surface area contributed by atoms with Gasteiger partial charge in [0, 0.05) is 30.9 Å². The van der Waals surface area contributed by atoms with Crippen molar-refractivity contribution in [2.24, 2.45) is 0 Å². The number of aromatic nitrogens is 2. The lowest BCUT2D eigenvalue weighted by Crippen LogP contribution is -2.35. The van der Waals surface area contributed by atoms with Crippen molar-refractivity contribution in [1.29, 1.82) is 0 Å². The van der Waals surface area contributed by atoms with E-state index in [9.17, 15) is 8.42 Å². The third-order valence-electron chi connectivity index (χ3n) is 3.56. The van der Waals surface area contributed by atoms with Gasteiger partial charge in [-0.25, -0.2) is 12.7 Å². The highest BCUT2D eigenvalue weighted by Crippen LogP contribution is 2.28. The largest absolute Gasteiger partial charge is 0.282 e. The van der Waals surface area contributed by atoms with Gasteiger partial charge in [-0.2, -0.15) is 5.10 Å². The number of hydrogen-bond acceptors (Lipinski definition) is 3. The predicted molar refractivity (Wildman–Crippen MR) is 66.2 cm³/mol. The van der Waals surface area contributed by atoms with E-state index in [0.717, 1.165) is 12.1 Å². The van der Waals surface area contributed by atoms with Crippen molar-refractivity contribution in [3.05, 3.63) is 18.0 Å². The second-order valence-corrected chi connectivity index (χ2v) is 6.97. The maximum Gasteiger partial charge on any atom is 0.216 e. The molecule has 0 saturated carbocycles. The number of sulfonamides is 1. The Bertz CT molecular complexity index is 455. The van der Waals surface area contributed by atoms with Gasteiger partial charge in [0.05, 0.1) is 5.25 Å². The van der Waals surface area contributed by atoms with Crippen LogP contribution in [0.2, 0.25) is 0 Å². The van der Waals surface area contributed by atoms with Gasteiger partial charge in [0.1, 0.15) is 0 Å². The molecule has 1 saturated heterocycles. The molecule has 0 radical (unpaired) electrons. The van der Waals surface area contributed by atoms with Gasteiger partial charge in [-0.05, 0) is 25.8 Å². The summed E-state index contributed by atoms with van der Waals surface area (Å²) in [5.74, 6) is 0.260. The van der Waals surface area contributed by atoms with E-state index >= 15 is 0 Å². The van der Waals surface area contributed by atoms with Crippen LogP contribution in [-0.2, 0) is 10.0 Å². The van der Waals surface area contributed by atoms with Crippen LogP contribution in [-0.4, -0.2) is 41.3 Å². The molecule has 2 atom stereocenters. The Morgan fingerprint density at radius 1 is 1.65 bits per heavy atom. The summed E-state index contributed by atoms with van der Waals surface area (Å²) in [5.41, 5.74) is 1.03. The van der Waals surface area contributed by atoms with Crippen LogP contribution in [0.15, 0.2) is 12.3 Å². The van der Waals surface area contributed by atoms with Crippen molar-refractivity contribution >= 4 is 10.0 Å². The van der Waals surface area contributed by atoms with Crippen LogP contribution in [0.4, 0.5) is 0 Å². The van der Waals surface area contributed by atoms with E-state index in [1.807, 2.05) is 13.0 Å². The minimum atomic E-state index is -3.11. The summed E-state index contributed by atoms with van der Waals surface area (Å²) in [6.45, 7) is 4.88. The smallest absolute Gasteiger partial charge is 0.216 e. The molecule has 1 aromatic heterocycles. The van der Waals surface area contributed by atoms with Gasteiger partial charge in [0.2, 0.25) is 10.0 Å². The van der Waals surface area contributed by atoms with Gasteiger partial charge < -0.3 is 0 Å². The molecule has 6 heteroatoms. The molecule has 2 heterocycles. The fraction of sp³-hybridized carbons (Fsp3) is 0.727. The first kappa shape index (κ1) is 12.6. The van der Waals surface area contributed by atoms with E-state index < -0.39 is 10.0 Å². The SMILES string of the molecule is CC[C@H](C)S(=O)(=O)N1CC[C@@H](c2ccn[nH]2)C1. The number of hydrogen-bond donors (Lipinski definition) is 1. The molecule has 2 rings (SSSR count). The molecule has 0 aromatic carbocycles. The number of H-pyrrole nitrogens is 1. The first-order chi connectivity index (χ1) is 8.05. The Morgan fingerprint density at radius 2 is 2.41 bits per heavy atom. The molecular formula is C11H19N3O2S. The third kappa shape index (κ3) is 2.37. The lowest BCUT2D eigenvalue weighted by atomic mass is 10.1. The van der Waals surface area contributed by atoms with Crippen LogP contribution in [0.1, 0.15) is 38.3 Å². The highest BCUT2D eigenvalue weighted by Gasteiger charge is 2.35. The Labute approximate surface area is 102 Å². The summed E-state index contributed by atoms with van der Waals surface area (Å²) in [6.07, 6.45) is 3.24. The van der Waals surface area contributed by atoms with Crippen molar-refractivity contribution in [2.45, 2.75) is 37.9 Å². The molecular weight excluding hydrogens is 238 g/mol. The molecule has 0 bridgehead atoms. The molecule has 96 valence electrons. The van der Waals surface area contributed by atoms with Gasteiger partial charge in [-0.15, -0.1) is 0 Å². The number of nitrogens with one attached hydrogen (secondary N) is 1. The van der Waals surface area contributed by atoms with Crippen LogP contribution in [0.3, 0.4) is 0 Å². The standard InChI is InChI=1S/C11H19N3O2S/c1-3-9(2)17(15,16)14-7-5-10(8-14)11-4-6-12-13-11/h4,6,9-10H,3,5,7-8H2,1-2H3,(H,12,13)/t9-,10+/m0/s1. The van der Waals surface area contributed by atoms with Crippen LogP contribution >= 0.6 is 0 Å². The Balaban J connectivity index is 2.08. The fourth-order valence-electron chi connectivity index (χ4n) is 2.17. The number of nitrogens with zero attached hydrogens (tertiary/aromatic N) is 2. The molecule has 1 aliphatic rings. The fourth-order valence-corrected chi connectivity index (χ4v) is 3.85. The van der Waals surface area contributed by atoms with E-state index in [1.165, 1.54) is 0 Å². The summed E-state index contributed by atoms with van der Waals surface area (Å²) in [7, 11) is -3.11. The van der Waals surface area contributed by atoms with E-state index in [-0.39, 0.29) is 11.2 Å². The summed E-state index contributed by atoms with van der Waals surface area (Å²) in [6, 6.07) is 1.92. The minimum absolute atomic E-state index is 0.260. The van der Waals surface area contributed by atoms with E-state index in [0.29, 0.717) is 19.5 Å². The summed E-state index contributed by atoms with van der Waals surface area (Å²) in [5, 5.41) is 6.55. The Morgan fingerprint density at radius 3 is 3.00 bits per heavy atom. The molecule has 0 unspecified atom stereocenters. The van der Waals surface area contributed by atoms with E-state index in [2.05, 4.69) is 10.2 Å².